The molecule has 0 spiro atoms. The summed E-state index contributed by atoms with van der Waals surface area (Å²) >= 11 is 0. The average molecular weight is 265 g/mol. The number of aliphatic imine (C=N–C) groups is 1. The number of carbonyl (C=O) groups is 1. The second kappa shape index (κ2) is 5.29. The van der Waals surface area contributed by atoms with E-state index < -0.39 is 6.09 Å². The maximum Gasteiger partial charge on any atom is 0.433 e. The fraction of sp³-hybridized carbons (Fsp3) is 0.176. The van der Waals surface area contributed by atoms with Crippen molar-refractivity contribution in [2.45, 2.75) is 12.8 Å². The van der Waals surface area contributed by atoms with E-state index in [0.717, 1.165) is 0 Å². The van der Waals surface area contributed by atoms with Crippen LogP contribution in [0.25, 0.3) is 11.1 Å². The minimum Gasteiger partial charge on any atom is -0.447 e. The molecule has 0 atom stereocenters. The predicted molar refractivity (Wildman–Crippen MR) is 79.2 cm³/mol. The quantitative estimate of drug-likeness (QED) is 0.769. The fourth-order valence-corrected chi connectivity index (χ4v) is 2.74. The molecule has 0 saturated heterocycles. The van der Waals surface area contributed by atoms with Crippen LogP contribution in [-0.2, 0) is 4.74 Å². The van der Waals surface area contributed by atoms with Gasteiger partial charge in [-0.15, -0.1) is 0 Å². The Morgan fingerprint density at radius 2 is 1.65 bits per heavy atom. The summed E-state index contributed by atoms with van der Waals surface area (Å²) in [5.41, 5.74) is 4.87. The zero-order chi connectivity index (χ0) is 13.9. The number of nitrogens with zero attached hydrogens (tertiary/aromatic N) is 1. The summed E-state index contributed by atoms with van der Waals surface area (Å²) in [4.78, 5) is 15.0. The summed E-state index contributed by atoms with van der Waals surface area (Å²) in [7, 11) is 0. The first-order valence-electron chi connectivity index (χ1n) is 6.65. The van der Waals surface area contributed by atoms with E-state index in [4.69, 9.17) is 4.74 Å². The van der Waals surface area contributed by atoms with Crippen LogP contribution in [0.2, 0.25) is 0 Å². The third kappa shape index (κ3) is 2.11. The van der Waals surface area contributed by atoms with Crippen LogP contribution in [-0.4, -0.2) is 18.9 Å². The maximum absolute atomic E-state index is 11.4. The van der Waals surface area contributed by atoms with Crippen LogP contribution in [0.4, 0.5) is 4.79 Å². The van der Waals surface area contributed by atoms with Crippen molar-refractivity contribution >= 4 is 12.3 Å². The molecule has 0 bridgehead atoms. The van der Waals surface area contributed by atoms with Crippen molar-refractivity contribution in [3.8, 4) is 11.1 Å². The third-order valence-electron chi connectivity index (χ3n) is 3.57. The summed E-state index contributed by atoms with van der Waals surface area (Å²) in [5.74, 6) is 0.0957. The van der Waals surface area contributed by atoms with Crippen LogP contribution in [0.5, 0.6) is 0 Å². The minimum atomic E-state index is -0.533. The van der Waals surface area contributed by atoms with Gasteiger partial charge in [-0.3, -0.25) is 0 Å². The molecule has 0 fully saturated rings. The number of hydrogen-bond acceptors (Lipinski definition) is 2. The highest BCUT2D eigenvalue weighted by atomic mass is 16.5. The van der Waals surface area contributed by atoms with E-state index in [-0.39, 0.29) is 5.92 Å². The smallest absolute Gasteiger partial charge is 0.433 e. The van der Waals surface area contributed by atoms with Crippen LogP contribution in [0.15, 0.2) is 53.5 Å². The molecule has 3 nitrogen and oxygen atoms in total. The maximum atomic E-state index is 11.4. The SMILES string of the molecule is CC=NC(=O)OCC1c2ccccc2-c2ccccc21. The number of hydrogen-bond donors (Lipinski definition) is 0. The summed E-state index contributed by atoms with van der Waals surface area (Å²) in [6.07, 6.45) is 0.910. The van der Waals surface area contributed by atoms with Gasteiger partial charge in [-0.05, 0) is 29.2 Å². The van der Waals surface area contributed by atoms with Gasteiger partial charge in [0.15, 0.2) is 0 Å². The first kappa shape index (κ1) is 12.6. The molecule has 100 valence electrons. The second-order valence-electron chi connectivity index (χ2n) is 4.69. The van der Waals surface area contributed by atoms with Gasteiger partial charge in [0.1, 0.15) is 6.61 Å². The van der Waals surface area contributed by atoms with Gasteiger partial charge in [-0.1, -0.05) is 48.5 Å². The standard InChI is InChI=1S/C17H15NO2/c1-2-18-17(19)20-11-16-14-9-5-3-7-12(14)13-8-4-6-10-15(13)16/h2-10,16H,11H2,1H3. The van der Waals surface area contributed by atoms with Crippen molar-refractivity contribution in [3.05, 3.63) is 59.7 Å². The van der Waals surface area contributed by atoms with E-state index in [2.05, 4.69) is 29.3 Å². The number of benzene rings is 2. The molecule has 0 N–H and O–H groups in total. The number of ether oxygens (including phenoxy) is 1. The summed E-state index contributed by atoms with van der Waals surface area (Å²) < 4.78 is 5.24. The van der Waals surface area contributed by atoms with Gasteiger partial charge in [0.2, 0.25) is 0 Å². The molecule has 0 aliphatic heterocycles. The van der Waals surface area contributed by atoms with Gasteiger partial charge < -0.3 is 4.74 Å². The third-order valence-corrected chi connectivity index (χ3v) is 3.57. The van der Waals surface area contributed by atoms with E-state index >= 15 is 0 Å². The van der Waals surface area contributed by atoms with Crippen molar-refractivity contribution in [1.29, 1.82) is 0 Å². The summed E-state index contributed by atoms with van der Waals surface area (Å²) in [5, 5.41) is 0. The first-order chi connectivity index (χ1) is 9.81. The molecule has 1 amide bonds. The fourth-order valence-electron chi connectivity index (χ4n) is 2.74. The van der Waals surface area contributed by atoms with Gasteiger partial charge in [-0.25, -0.2) is 4.79 Å². The van der Waals surface area contributed by atoms with Crippen molar-refractivity contribution < 1.29 is 9.53 Å². The Morgan fingerprint density at radius 1 is 1.10 bits per heavy atom. The van der Waals surface area contributed by atoms with Crippen molar-refractivity contribution in [2.24, 2.45) is 4.99 Å². The number of carbonyl (C=O) groups excluding carboxylic acids is 1. The molecule has 0 aromatic heterocycles. The van der Waals surface area contributed by atoms with E-state index in [9.17, 15) is 4.79 Å². The lowest BCUT2D eigenvalue weighted by molar-refractivity contribution is 0.154. The zero-order valence-corrected chi connectivity index (χ0v) is 11.2. The molecule has 3 rings (SSSR count). The zero-order valence-electron chi connectivity index (χ0n) is 11.2. The van der Waals surface area contributed by atoms with E-state index in [1.54, 1.807) is 6.92 Å². The Bertz CT molecular complexity index is 631. The molecule has 1 aliphatic rings. The Morgan fingerprint density at radius 3 is 2.20 bits per heavy atom. The first-order valence-corrected chi connectivity index (χ1v) is 6.65. The Balaban J connectivity index is 1.93. The molecular weight excluding hydrogens is 250 g/mol. The highest BCUT2D eigenvalue weighted by molar-refractivity contribution is 5.80. The van der Waals surface area contributed by atoms with Gasteiger partial charge in [-0.2, -0.15) is 4.99 Å². The van der Waals surface area contributed by atoms with E-state index in [1.165, 1.54) is 28.5 Å². The van der Waals surface area contributed by atoms with E-state index in [1.807, 2.05) is 24.3 Å². The topological polar surface area (TPSA) is 38.7 Å². The van der Waals surface area contributed by atoms with Gasteiger partial charge in [0.25, 0.3) is 0 Å². The molecule has 0 saturated carbocycles. The van der Waals surface area contributed by atoms with Crippen LogP contribution in [0, 0.1) is 0 Å². The molecule has 0 radical (unpaired) electrons. The van der Waals surface area contributed by atoms with Crippen LogP contribution < -0.4 is 0 Å². The van der Waals surface area contributed by atoms with Crippen LogP contribution >= 0.6 is 0 Å². The normalized spacial score (nSPS) is 13.2. The highest BCUT2D eigenvalue weighted by Crippen LogP contribution is 2.44. The molecule has 2 aromatic carbocycles. The van der Waals surface area contributed by atoms with Crippen LogP contribution in [0.3, 0.4) is 0 Å². The predicted octanol–water partition coefficient (Wildman–Crippen LogP) is 4.03. The molecule has 20 heavy (non-hydrogen) atoms. The summed E-state index contributed by atoms with van der Waals surface area (Å²) in [6.45, 7) is 2.02. The Labute approximate surface area is 117 Å². The lowest BCUT2D eigenvalue weighted by Crippen LogP contribution is -2.09. The lowest BCUT2D eigenvalue weighted by Gasteiger charge is -2.12. The highest BCUT2D eigenvalue weighted by Gasteiger charge is 2.28. The van der Waals surface area contributed by atoms with Gasteiger partial charge in [0.05, 0.1) is 0 Å². The lowest BCUT2D eigenvalue weighted by atomic mass is 9.98. The number of rotatable bonds is 2. The summed E-state index contributed by atoms with van der Waals surface area (Å²) in [6, 6.07) is 16.5. The average Bonchev–Trinajstić information content (AvgIpc) is 2.80. The van der Waals surface area contributed by atoms with Gasteiger partial charge >= 0.3 is 6.09 Å². The Hall–Kier alpha value is -2.42. The molecule has 3 heteroatoms. The molecule has 0 unspecified atom stereocenters. The number of fused-ring (bicyclic) bond motifs is 3. The molecule has 2 aromatic rings. The monoisotopic (exact) mass is 265 g/mol. The van der Waals surface area contributed by atoms with Gasteiger partial charge in [0, 0.05) is 12.1 Å². The Kier molecular flexibility index (Phi) is 3.33. The molecular formula is C17H15NO2. The largest absolute Gasteiger partial charge is 0.447 e. The van der Waals surface area contributed by atoms with E-state index in [0.29, 0.717) is 6.61 Å². The molecule has 1 aliphatic carbocycles. The minimum absolute atomic E-state index is 0.0957. The number of amides is 1. The second-order valence-corrected chi connectivity index (χ2v) is 4.69. The van der Waals surface area contributed by atoms with Crippen LogP contribution in [0.1, 0.15) is 24.0 Å². The van der Waals surface area contributed by atoms with Crippen molar-refractivity contribution in [3.63, 3.8) is 0 Å². The molecule has 0 heterocycles. The van der Waals surface area contributed by atoms with Crippen molar-refractivity contribution in [1.82, 2.24) is 0 Å². The van der Waals surface area contributed by atoms with Crippen molar-refractivity contribution in [2.75, 3.05) is 6.61 Å².